The van der Waals surface area contributed by atoms with Crippen LogP contribution in [0.15, 0.2) is 0 Å². The molecule has 0 bridgehead atoms. The Morgan fingerprint density at radius 2 is 1.14 bits per heavy atom. The number of rotatable bonds is 16. The lowest BCUT2D eigenvalue weighted by molar-refractivity contribution is -0.377. The average Bonchev–Trinajstić information content (AvgIpc) is 3.93. The number of aliphatic hydroxyl groups excluding tert-OH is 15. The molecule has 0 aromatic carbocycles. The average molecular weight is 1100 g/mol. The van der Waals surface area contributed by atoms with E-state index in [-0.39, 0.29) is 72.4 Å². The van der Waals surface area contributed by atoms with Crippen LogP contribution in [0.4, 0.5) is 0 Å². The maximum absolute atomic E-state index is 12.1. The molecule has 0 radical (unpaired) electrons. The molecule has 440 valence electrons. The Bertz CT molecular complexity index is 1940. The molecule has 76 heavy (non-hydrogen) atoms. The quantitative estimate of drug-likeness (QED) is 0.0640. The van der Waals surface area contributed by atoms with Gasteiger partial charge in [-0.25, -0.2) is 0 Å². The predicted molar refractivity (Wildman–Crippen MR) is 250 cm³/mol. The fourth-order valence-corrected chi connectivity index (χ4v) is 15.6. The minimum absolute atomic E-state index is 0.0328. The van der Waals surface area contributed by atoms with E-state index in [0.29, 0.717) is 25.7 Å². The minimum atomic E-state index is -2.63. The third-order valence-corrected chi connectivity index (χ3v) is 19.9. The molecule has 5 saturated heterocycles. The molecule has 5 aliphatic heterocycles. The van der Waals surface area contributed by atoms with E-state index in [2.05, 4.69) is 13.8 Å². The summed E-state index contributed by atoms with van der Waals surface area (Å²) in [5.74, 6) is -4.33. The lowest BCUT2D eigenvalue weighted by Crippen LogP contribution is -2.66. The van der Waals surface area contributed by atoms with Gasteiger partial charge in [0.15, 0.2) is 30.9 Å². The zero-order valence-corrected chi connectivity index (χ0v) is 43.2. The molecule has 4 aliphatic carbocycles. The minimum Gasteiger partial charge on any atom is -0.394 e. The molecular formula is C50H84O26. The second-order valence-corrected chi connectivity index (χ2v) is 24.3. The molecule has 9 fully saturated rings. The van der Waals surface area contributed by atoms with Crippen LogP contribution in [0.25, 0.3) is 0 Å². The summed E-state index contributed by atoms with van der Waals surface area (Å²) in [5, 5.41) is 182. The van der Waals surface area contributed by atoms with Gasteiger partial charge < -0.3 is 129 Å². The SMILES string of the molecule is C[C@H](CC[C@@]1(O)O[C@H]2C[C@H]3[C@@H]4C[C@@H](O)[C@H]5C[C@@H](O[C@@H]6O[C@H](CO)[C@H](O[C@@H]7O[C@H](CO)[C@@H](O[C@@H]8O[C@](O)(CO)[C@@H](O)[C@@H]8O)[C@H](O)[C@H]7O)[C@H](O)[C@H]6O)[C@H](O)C[C@]5(C)[C@H]4CC[C@]3(C)[C@H]2[C@@H]1C)CO[C@@H]1O[C@H](CO)[C@@H](O)[C@H](O)[C@H]1O. The van der Waals surface area contributed by atoms with Gasteiger partial charge >= 0.3 is 0 Å². The van der Waals surface area contributed by atoms with Crippen molar-refractivity contribution in [2.45, 2.75) is 226 Å². The zero-order chi connectivity index (χ0) is 55.3. The van der Waals surface area contributed by atoms with Crippen LogP contribution >= 0.6 is 0 Å². The first-order chi connectivity index (χ1) is 35.8. The highest BCUT2D eigenvalue weighted by Gasteiger charge is 2.70. The Kier molecular flexibility index (Phi) is 17.7. The van der Waals surface area contributed by atoms with Crippen LogP contribution in [0, 0.1) is 52.3 Å². The third-order valence-electron chi connectivity index (χ3n) is 19.9. The van der Waals surface area contributed by atoms with E-state index in [9.17, 15) is 86.8 Å². The first-order valence-electron chi connectivity index (χ1n) is 27.1. The fourth-order valence-electron chi connectivity index (χ4n) is 15.6. The summed E-state index contributed by atoms with van der Waals surface area (Å²) in [4.78, 5) is 0. The van der Waals surface area contributed by atoms with Crippen LogP contribution in [-0.4, -0.2) is 266 Å². The van der Waals surface area contributed by atoms with Crippen molar-refractivity contribution in [1.29, 1.82) is 0 Å². The van der Waals surface area contributed by atoms with E-state index in [0.717, 1.165) is 12.8 Å². The molecule has 0 amide bonds. The normalized spacial score (nSPS) is 56.6. The summed E-state index contributed by atoms with van der Waals surface area (Å²) >= 11 is 0. The van der Waals surface area contributed by atoms with Gasteiger partial charge in [0.1, 0.15) is 85.5 Å². The number of aliphatic hydroxyl groups is 17. The lowest BCUT2D eigenvalue weighted by Gasteiger charge is -2.63. The van der Waals surface area contributed by atoms with Crippen molar-refractivity contribution in [3.63, 3.8) is 0 Å². The van der Waals surface area contributed by atoms with Gasteiger partial charge in [-0.3, -0.25) is 0 Å². The number of hydrogen-bond acceptors (Lipinski definition) is 26. The number of fused-ring (bicyclic) bond motifs is 7. The van der Waals surface area contributed by atoms with Gasteiger partial charge in [0.05, 0.1) is 57.5 Å². The van der Waals surface area contributed by atoms with Gasteiger partial charge in [-0.1, -0.05) is 27.7 Å². The van der Waals surface area contributed by atoms with E-state index < -0.39 is 172 Å². The topological polar surface area (TPSA) is 427 Å². The lowest BCUT2D eigenvalue weighted by atomic mass is 9.43. The molecule has 0 aromatic rings. The van der Waals surface area contributed by atoms with Gasteiger partial charge in [-0.2, -0.15) is 0 Å². The second kappa shape index (κ2) is 22.6. The Balaban J connectivity index is 0.787. The van der Waals surface area contributed by atoms with Crippen LogP contribution in [0.3, 0.4) is 0 Å². The van der Waals surface area contributed by atoms with E-state index in [1.54, 1.807) is 0 Å². The van der Waals surface area contributed by atoms with E-state index in [1.807, 2.05) is 13.8 Å². The van der Waals surface area contributed by atoms with Crippen molar-refractivity contribution in [3.05, 3.63) is 0 Å². The standard InChI is InChI=1S/C50H84O26/c1-18(16-68-43-36(61)33(58)32(57)28(13-51)70-43)5-8-49(66)19(2)31-27(75-49)10-22-20-9-24(55)23-11-26(25(56)12-48(23,4)21(20)6-7-47(22,31)3)69-44-37(62)34(59)40(29(14-52)71-44)73-45-38(63)35(60)41(30(15-53)72-45)74-46-39(64)42(65)50(67,17-54)76-46/h18-46,51-67H,5-17H2,1-4H3/t18-,19+,20-,21+,22+,23-,24-,25-,26-,27+,28-,29-,30-,31+,32-,33+,34-,35-,36-,37-,38-,39+,40+,41-,42+,43-,44-,45+,46-,47+,48-,49-,50-/m1/s1. The van der Waals surface area contributed by atoms with Crippen molar-refractivity contribution in [2.24, 2.45) is 52.3 Å². The van der Waals surface area contributed by atoms with E-state index in [1.165, 1.54) is 0 Å². The molecule has 9 aliphatic rings. The first kappa shape index (κ1) is 59.6. The zero-order valence-electron chi connectivity index (χ0n) is 43.2. The van der Waals surface area contributed by atoms with Crippen LogP contribution in [-0.2, 0) is 42.6 Å². The number of ether oxygens (including phenoxy) is 9. The second-order valence-electron chi connectivity index (χ2n) is 24.3. The highest BCUT2D eigenvalue weighted by atomic mass is 16.8. The van der Waals surface area contributed by atoms with Gasteiger partial charge in [0.25, 0.3) is 0 Å². The molecule has 9 rings (SSSR count). The Labute approximate surface area is 439 Å². The van der Waals surface area contributed by atoms with Crippen LogP contribution in [0.2, 0.25) is 0 Å². The smallest absolute Gasteiger partial charge is 0.221 e. The molecule has 0 spiro atoms. The molecular weight excluding hydrogens is 1020 g/mol. The van der Waals surface area contributed by atoms with Gasteiger partial charge in [-0.05, 0) is 91.3 Å². The van der Waals surface area contributed by atoms with Crippen molar-refractivity contribution in [2.75, 3.05) is 33.0 Å². The van der Waals surface area contributed by atoms with Crippen LogP contribution in [0.1, 0.15) is 79.1 Å². The maximum atomic E-state index is 12.1. The van der Waals surface area contributed by atoms with Crippen LogP contribution in [0.5, 0.6) is 0 Å². The number of hydrogen-bond donors (Lipinski definition) is 17. The van der Waals surface area contributed by atoms with Crippen molar-refractivity contribution >= 4 is 0 Å². The van der Waals surface area contributed by atoms with Gasteiger partial charge in [0, 0.05) is 12.3 Å². The fraction of sp³-hybridized carbons (Fsp3) is 1.00. The molecule has 26 heteroatoms. The summed E-state index contributed by atoms with van der Waals surface area (Å²) in [6.07, 6.45) is -29.3. The monoisotopic (exact) mass is 1100 g/mol. The van der Waals surface area contributed by atoms with E-state index >= 15 is 0 Å². The molecule has 4 saturated carbocycles. The Hall–Kier alpha value is -1.04. The Morgan fingerprint density at radius 3 is 1.74 bits per heavy atom. The molecule has 5 heterocycles. The summed E-state index contributed by atoms with van der Waals surface area (Å²) in [6.45, 7) is 5.02. The van der Waals surface area contributed by atoms with Gasteiger partial charge in [-0.15, -0.1) is 0 Å². The maximum Gasteiger partial charge on any atom is 0.221 e. The summed E-state index contributed by atoms with van der Waals surface area (Å²) < 4.78 is 52.1. The van der Waals surface area contributed by atoms with Crippen molar-refractivity contribution < 1.29 is 129 Å². The van der Waals surface area contributed by atoms with Gasteiger partial charge in [0.2, 0.25) is 5.79 Å². The summed E-state index contributed by atoms with van der Waals surface area (Å²) in [5.41, 5.74) is -0.750. The molecule has 17 N–H and O–H groups in total. The largest absolute Gasteiger partial charge is 0.394 e. The van der Waals surface area contributed by atoms with Crippen LogP contribution < -0.4 is 0 Å². The van der Waals surface area contributed by atoms with Crippen molar-refractivity contribution in [3.8, 4) is 0 Å². The first-order valence-corrected chi connectivity index (χ1v) is 27.1. The third kappa shape index (κ3) is 10.3. The summed E-state index contributed by atoms with van der Waals surface area (Å²) in [6, 6.07) is 0. The molecule has 0 aromatic heterocycles. The molecule has 0 unspecified atom stereocenters. The van der Waals surface area contributed by atoms with Crippen molar-refractivity contribution in [1.82, 2.24) is 0 Å². The predicted octanol–water partition coefficient (Wildman–Crippen LogP) is -6.05. The van der Waals surface area contributed by atoms with E-state index in [4.69, 9.17) is 42.6 Å². The highest BCUT2D eigenvalue weighted by molar-refractivity contribution is 5.17. The summed E-state index contributed by atoms with van der Waals surface area (Å²) in [7, 11) is 0. The Morgan fingerprint density at radius 1 is 0.566 bits per heavy atom. The molecule has 33 atom stereocenters. The highest BCUT2D eigenvalue weighted by Crippen LogP contribution is 2.71. The molecule has 26 nitrogen and oxygen atoms in total.